The molecule has 0 radical (unpaired) electrons. The van der Waals surface area contributed by atoms with E-state index in [0.717, 1.165) is 36.4 Å². The zero-order valence-corrected chi connectivity index (χ0v) is 14.2. The Morgan fingerprint density at radius 1 is 1.32 bits per heavy atom. The van der Waals surface area contributed by atoms with Crippen LogP contribution in [0, 0.1) is 6.92 Å². The molecule has 7 heteroatoms. The summed E-state index contributed by atoms with van der Waals surface area (Å²) >= 11 is 0. The van der Waals surface area contributed by atoms with E-state index in [1.54, 1.807) is 0 Å². The minimum atomic E-state index is 0.143. The van der Waals surface area contributed by atoms with Gasteiger partial charge in [0, 0.05) is 19.5 Å². The minimum Gasteiger partial charge on any atom is -0.454 e. The minimum absolute atomic E-state index is 0.143. The molecule has 2 aliphatic rings. The first-order valence-electron chi connectivity index (χ1n) is 8.65. The highest BCUT2D eigenvalue weighted by Gasteiger charge is 2.28. The number of fused-ring (bicyclic) bond motifs is 1. The maximum Gasteiger partial charge on any atom is 0.231 e. The summed E-state index contributed by atoms with van der Waals surface area (Å²) in [7, 11) is 0. The Bertz CT molecular complexity index is 773. The molecule has 0 spiro atoms. The summed E-state index contributed by atoms with van der Waals surface area (Å²) in [6, 6.07) is 5.84. The van der Waals surface area contributed by atoms with Crippen molar-refractivity contribution in [2.24, 2.45) is 0 Å². The lowest BCUT2D eigenvalue weighted by atomic mass is 9.97. The molecule has 132 valence electrons. The third-order valence-electron chi connectivity index (χ3n) is 4.73. The van der Waals surface area contributed by atoms with Gasteiger partial charge in [0.25, 0.3) is 0 Å². The van der Waals surface area contributed by atoms with E-state index in [4.69, 9.17) is 14.0 Å². The Labute approximate surface area is 145 Å². The van der Waals surface area contributed by atoms with Crippen LogP contribution in [0.3, 0.4) is 0 Å². The fourth-order valence-electron chi connectivity index (χ4n) is 3.39. The van der Waals surface area contributed by atoms with Crippen molar-refractivity contribution in [3.63, 3.8) is 0 Å². The van der Waals surface area contributed by atoms with Gasteiger partial charge in [-0.25, -0.2) is 0 Å². The van der Waals surface area contributed by atoms with E-state index < -0.39 is 0 Å². The average molecular weight is 343 g/mol. The molecule has 25 heavy (non-hydrogen) atoms. The van der Waals surface area contributed by atoms with Gasteiger partial charge in [0.1, 0.15) is 0 Å². The predicted octanol–water partition coefficient (Wildman–Crippen LogP) is 2.45. The molecule has 0 bridgehead atoms. The molecular formula is C18H21N3O4. The van der Waals surface area contributed by atoms with Crippen LogP contribution in [-0.4, -0.2) is 40.8 Å². The molecule has 2 aliphatic heterocycles. The number of aryl methyl sites for hydroxylation is 2. The highest BCUT2D eigenvalue weighted by molar-refractivity contribution is 5.76. The van der Waals surface area contributed by atoms with Crippen molar-refractivity contribution in [3.05, 3.63) is 35.5 Å². The summed E-state index contributed by atoms with van der Waals surface area (Å²) in [6.07, 6.45) is 3.11. The van der Waals surface area contributed by atoms with E-state index in [2.05, 4.69) is 10.1 Å². The first-order valence-corrected chi connectivity index (χ1v) is 8.65. The predicted molar refractivity (Wildman–Crippen MR) is 88.5 cm³/mol. The maximum absolute atomic E-state index is 12.6. The number of piperidine rings is 1. The van der Waals surface area contributed by atoms with Crippen LogP contribution in [0.1, 0.15) is 42.5 Å². The summed E-state index contributed by atoms with van der Waals surface area (Å²) in [5.41, 5.74) is 1.08. The number of carbonyl (C=O) groups is 1. The fraction of sp³-hybridized carbons (Fsp3) is 0.500. The number of nitrogens with zero attached hydrogens (tertiary/aromatic N) is 3. The number of aromatic nitrogens is 2. The van der Waals surface area contributed by atoms with Gasteiger partial charge < -0.3 is 18.9 Å². The number of ether oxygens (including phenoxy) is 2. The first kappa shape index (κ1) is 15.9. The molecule has 4 rings (SSSR count). The van der Waals surface area contributed by atoms with E-state index in [0.29, 0.717) is 31.1 Å². The Morgan fingerprint density at radius 2 is 2.20 bits per heavy atom. The second kappa shape index (κ2) is 6.74. The van der Waals surface area contributed by atoms with Crippen LogP contribution in [-0.2, 0) is 11.2 Å². The standard InChI is InChI=1S/C18H21N3O4/c1-12-19-18(25-20-12)14-3-2-8-21(10-14)17(22)7-5-13-4-6-15-16(9-13)24-11-23-15/h4,6,9,14H,2-3,5,7-8,10-11H2,1H3/t14-/m0/s1. The molecule has 2 aromatic rings. The number of amides is 1. The van der Waals surface area contributed by atoms with Crippen molar-refractivity contribution in [2.45, 2.75) is 38.5 Å². The zero-order chi connectivity index (χ0) is 17.2. The lowest BCUT2D eigenvalue weighted by Gasteiger charge is -2.31. The Hall–Kier alpha value is -2.57. The smallest absolute Gasteiger partial charge is 0.231 e. The van der Waals surface area contributed by atoms with Crippen LogP contribution in [0.15, 0.2) is 22.7 Å². The number of likely N-dealkylation sites (tertiary alicyclic amines) is 1. The third-order valence-corrected chi connectivity index (χ3v) is 4.73. The number of hydrogen-bond acceptors (Lipinski definition) is 6. The van der Waals surface area contributed by atoms with Crippen molar-refractivity contribution in [3.8, 4) is 11.5 Å². The van der Waals surface area contributed by atoms with Gasteiger partial charge in [-0.1, -0.05) is 11.2 Å². The van der Waals surface area contributed by atoms with Gasteiger partial charge in [0.2, 0.25) is 18.6 Å². The van der Waals surface area contributed by atoms with Crippen molar-refractivity contribution in [2.75, 3.05) is 19.9 Å². The van der Waals surface area contributed by atoms with E-state index in [9.17, 15) is 4.79 Å². The molecule has 1 fully saturated rings. The van der Waals surface area contributed by atoms with Crippen LogP contribution in [0.5, 0.6) is 11.5 Å². The van der Waals surface area contributed by atoms with Gasteiger partial charge in [-0.15, -0.1) is 0 Å². The van der Waals surface area contributed by atoms with Gasteiger partial charge in [0.15, 0.2) is 17.3 Å². The van der Waals surface area contributed by atoms with Crippen LogP contribution in [0.2, 0.25) is 0 Å². The summed E-state index contributed by atoms with van der Waals surface area (Å²) in [5, 5.41) is 3.85. The van der Waals surface area contributed by atoms with Crippen LogP contribution in [0.4, 0.5) is 0 Å². The molecule has 0 unspecified atom stereocenters. The largest absolute Gasteiger partial charge is 0.454 e. The van der Waals surface area contributed by atoms with E-state index >= 15 is 0 Å². The molecule has 1 saturated heterocycles. The number of benzene rings is 1. The zero-order valence-electron chi connectivity index (χ0n) is 14.2. The lowest BCUT2D eigenvalue weighted by Crippen LogP contribution is -2.39. The highest BCUT2D eigenvalue weighted by Crippen LogP contribution is 2.33. The molecule has 0 saturated carbocycles. The fourth-order valence-corrected chi connectivity index (χ4v) is 3.39. The quantitative estimate of drug-likeness (QED) is 0.848. The molecule has 1 aromatic carbocycles. The average Bonchev–Trinajstić information content (AvgIpc) is 3.28. The van der Waals surface area contributed by atoms with Gasteiger partial charge in [-0.05, 0) is 43.9 Å². The summed E-state index contributed by atoms with van der Waals surface area (Å²) in [5.74, 6) is 3.12. The number of hydrogen-bond donors (Lipinski definition) is 0. The van der Waals surface area contributed by atoms with Gasteiger partial charge in [-0.2, -0.15) is 4.98 Å². The normalized spacial score (nSPS) is 19.2. The Kier molecular flexibility index (Phi) is 4.29. The molecule has 1 amide bonds. The van der Waals surface area contributed by atoms with Crippen LogP contribution >= 0.6 is 0 Å². The Balaban J connectivity index is 1.34. The van der Waals surface area contributed by atoms with Crippen molar-refractivity contribution >= 4 is 5.91 Å². The second-order valence-corrected chi connectivity index (χ2v) is 6.55. The van der Waals surface area contributed by atoms with Crippen LogP contribution in [0.25, 0.3) is 0 Å². The molecule has 0 aliphatic carbocycles. The van der Waals surface area contributed by atoms with Crippen LogP contribution < -0.4 is 9.47 Å². The molecule has 7 nitrogen and oxygen atoms in total. The molecule has 1 atom stereocenters. The maximum atomic E-state index is 12.6. The first-order chi connectivity index (χ1) is 12.2. The van der Waals surface area contributed by atoms with Gasteiger partial charge >= 0.3 is 0 Å². The Morgan fingerprint density at radius 3 is 3.04 bits per heavy atom. The van der Waals surface area contributed by atoms with E-state index in [1.807, 2.05) is 30.0 Å². The molecular weight excluding hydrogens is 322 g/mol. The summed E-state index contributed by atoms with van der Waals surface area (Å²) in [6.45, 7) is 3.53. The van der Waals surface area contributed by atoms with Crippen molar-refractivity contribution < 1.29 is 18.8 Å². The van der Waals surface area contributed by atoms with E-state index in [1.165, 1.54) is 0 Å². The van der Waals surface area contributed by atoms with Gasteiger partial charge in [-0.3, -0.25) is 4.79 Å². The second-order valence-electron chi connectivity index (χ2n) is 6.55. The molecule has 3 heterocycles. The van der Waals surface area contributed by atoms with Crippen molar-refractivity contribution in [1.29, 1.82) is 0 Å². The SMILES string of the molecule is Cc1noc([C@H]2CCCN(C(=O)CCc3ccc4c(c3)OCO4)C2)n1. The highest BCUT2D eigenvalue weighted by atomic mass is 16.7. The van der Waals surface area contributed by atoms with Crippen molar-refractivity contribution in [1.82, 2.24) is 15.0 Å². The number of carbonyl (C=O) groups excluding carboxylic acids is 1. The van der Waals surface area contributed by atoms with Gasteiger partial charge in [0.05, 0.1) is 5.92 Å². The summed E-state index contributed by atoms with van der Waals surface area (Å²) < 4.78 is 16.0. The van der Waals surface area contributed by atoms with E-state index in [-0.39, 0.29) is 18.6 Å². The molecule has 1 aromatic heterocycles. The summed E-state index contributed by atoms with van der Waals surface area (Å²) in [4.78, 5) is 18.8. The lowest BCUT2D eigenvalue weighted by molar-refractivity contribution is -0.132. The molecule has 0 N–H and O–H groups in total. The number of rotatable bonds is 4. The third kappa shape index (κ3) is 3.45. The monoisotopic (exact) mass is 343 g/mol. The topological polar surface area (TPSA) is 77.7 Å².